The van der Waals surface area contributed by atoms with Crippen molar-refractivity contribution in [3.8, 4) is 17.2 Å². The fourth-order valence-electron chi connectivity index (χ4n) is 4.41. The number of piperidine rings is 1. The van der Waals surface area contributed by atoms with Gasteiger partial charge in [-0.3, -0.25) is 10.1 Å². The molecule has 1 fully saturated rings. The smallest absolute Gasteiger partial charge is 0.494 e. The van der Waals surface area contributed by atoms with Gasteiger partial charge in [-0.25, -0.2) is 0 Å². The second kappa shape index (κ2) is 12.3. The topological polar surface area (TPSA) is 110 Å². The number of benzene rings is 2. The molecule has 13 heteroatoms. The molecule has 39 heavy (non-hydrogen) atoms. The molecule has 3 N–H and O–H groups in total. The fraction of sp³-hybridized carbons (Fsp3) is 0.462. The van der Waals surface area contributed by atoms with Crippen LogP contribution in [0.4, 0.5) is 24.5 Å². The summed E-state index contributed by atoms with van der Waals surface area (Å²) >= 11 is 0. The number of hydrogen-bond acceptors (Lipinski definition) is 9. The van der Waals surface area contributed by atoms with Crippen LogP contribution in [-0.2, 0) is 0 Å². The Hall–Kier alpha value is -3.87. The first-order chi connectivity index (χ1) is 18.6. The molecule has 10 nitrogen and oxygen atoms in total. The van der Waals surface area contributed by atoms with E-state index in [1.165, 1.54) is 24.3 Å². The Kier molecular flexibility index (Phi) is 8.90. The normalized spacial score (nSPS) is 16.9. The minimum atomic E-state index is -4.72. The summed E-state index contributed by atoms with van der Waals surface area (Å²) in [5.41, 5.74) is 0.205. The number of hydrogen-bond donors (Lipinski definition) is 3. The lowest BCUT2D eigenvalue weighted by molar-refractivity contribution is -0.385. The first kappa shape index (κ1) is 28.1. The highest BCUT2D eigenvalue weighted by molar-refractivity contribution is 5.60. The van der Waals surface area contributed by atoms with Gasteiger partial charge in [0.25, 0.3) is 0 Å². The van der Waals surface area contributed by atoms with Gasteiger partial charge >= 0.3 is 12.0 Å². The molecule has 0 radical (unpaired) electrons. The van der Waals surface area contributed by atoms with Crippen LogP contribution in [0.3, 0.4) is 0 Å². The van der Waals surface area contributed by atoms with Gasteiger partial charge in [0.1, 0.15) is 23.8 Å². The van der Waals surface area contributed by atoms with Gasteiger partial charge in [0.2, 0.25) is 0 Å². The molecule has 212 valence electrons. The van der Waals surface area contributed by atoms with Crippen LogP contribution in [-0.4, -0.2) is 55.8 Å². The van der Waals surface area contributed by atoms with E-state index < -0.39 is 16.9 Å². The van der Waals surface area contributed by atoms with Gasteiger partial charge in [0, 0.05) is 43.3 Å². The maximum atomic E-state index is 12.2. The van der Waals surface area contributed by atoms with E-state index in [1.54, 1.807) is 24.5 Å². The molecule has 0 atom stereocenters. The number of nitrogens with one attached hydrogen (secondary N) is 3. The monoisotopic (exact) mass is 551 g/mol. The van der Waals surface area contributed by atoms with Crippen LogP contribution in [0.2, 0.25) is 0 Å². The van der Waals surface area contributed by atoms with Crippen molar-refractivity contribution >= 4 is 11.4 Å². The molecule has 0 saturated carbocycles. The minimum absolute atomic E-state index is 0.0650. The maximum absolute atomic E-state index is 12.2. The predicted molar refractivity (Wildman–Crippen MR) is 139 cm³/mol. The van der Waals surface area contributed by atoms with Crippen molar-refractivity contribution in [3.05, 3.63) is 65.0 Å². The highest BCUT2D eigenvalue weighted by atomic mass is 19.4. The third-order valence-electron chi connectivity index (χ3n) is 6.48. The molecule has 0 unspecified atom stereocenters. The van der Waals surface area contributed by atoms with Crippen molar-refractivity contribution in [2.24, 2.45) is 0 Å². The highest BCUT2D eigenvalue weighted by Crippen LogP contribution is 2.33. The molecule has 0 bridgehead atoms. The lowest BCUT2D eigenvalue weighted by atomic mass is 10.0. The van der Waals surface area contributed by atoms with E-state index in [0.29, 0.717) is 18.4 Å². The largest absolute Gasteiger partial charge is 0.573 e. The first-order valence-corrected chi connectivity index (χ1v) is 12.7. The molecule has 2 aromatic rings. The molecule has 0 aliphatic carbocycles. The van der Waals surface area contributed by atoms with Crippen LogP contribution < -0.4 is 35.1 Å². The van der Waals surface area contributed by atoms with Gasteiger partial charge < -0.3 is 35.1 Å². The van der Waals surface area contributed by atoms with Crippen molar-refractivity contribution < 1.29 is 32.3 Å². The number of halogens is 3. The molecular formula is C26H32F3N5O5. The Bertz CT molecular complexity index is 1130. The van der Waals surface area contributed by atoms with E-state index in [-0.39, 0.29) is 23.8 Å². The second-order valence-electron chi connectivity index (χ2n) is 9.59. The Morgan fingerprint density at radius 2 is 1.74 bits per heavy atom. The molecule has 2 aromatic carbocycles. The lowest BCUT2D eigenvalue weighted by Gasteiger charge is -2.34. The number of nitrogens with zero attached hydrogens (tertiary/aromatic N) is 2. The summed E-state index contributed by atoms with van der Waals surface area (Å²) < 4.78 is 51.9. The summed E-state index contributed by atoms with van der Waals surface area (Å²) in [5, 5.41) is 21.4. The summed E-state index contributed by atoms with van der Waals surface area (Å²) in [6.45, 7) is 4.79. The summed E-state index contributed by atoms with van der Waals surface area (Å²) in [6.07, 6.45) is 1.30. The van der Waals surface area contributed by atoms with Crippen LogP contribution in [0.5, 0.6) is 17.2 Å². The molecule has 2 aliphatic rings. The molecule has 0 amide bonds. The molecule has 2 heterocycles. The quantitative estimate of drug-likeness (QED) is 0.202. The number of nitro groups is 1. The SMILES string of the molecule is CC1(COc2ccc(N3CCC(NCCCOc4ccc(OC(F)(F)F)cc4)CC3)cc2[N+](=O)[O-])NC=CN1. The van der Waals surface area contributed by atoms with E-state index in [0.717, 1.165) is 44.6 Å². The Morgan fingerprint density at radius 3 is 2.38 bits per heavy atom. The maximum Gasteiger partial charge on any atom is 0.573 e. The third kappa shape index (κ3) is 8.31. The van der Waals surface area contributed by atoms with Gasteiger partial charge in [-0.1, -0.05) is 0 Å². The Morgan fingerprint density at radius 1 is 1.08 bits per heavy atom. The predicted octanol–water partition coefficient (Wildman–Crippen LogP) is 4.28. The zero-order chi connectivity index (χ0) is 27.9. The van der Waals surface area contributed by atoms with Gasteiger partial charge in [-0.05, 0) is 69.1 Å². The van der Waals surface area contributed by atoms with Gasteiger partial charge in [-0.15, -0.1) is 13.2 Å². The van der Waals surface area contributed by atoms with Crippen molar-refractivity contribution in [2.45, 2.75) is 44.3 Å². The summed E-state index contributed by atoms with van der Waals surface area (Å²) in [4.78, 5) is 13.4. The number of ether oxygens (including phenoxy) is 3. The van der Waals surface area contributed by atoms with E-state index in [9.17, 15) is 23.3 Å². The summed E-state index contributed by atoms with van der Waals surface area (Å²) in [7, 11) is 0. The average molecular weight is 552 g/mol. The minimum Gasteiger partial charge on any atom is -0.494 e. The van der Waals surface area contributed by atoms with Crippen LogP contribution >= 0.6 is 0 Å². The van der Waals surface area contributed by atoms with Gasteiger partial charge in [0.05, 0.1) is 11.5 Å². The summed E-state index contributed by atoms with van der Waals surface area (Å²) in [5.74, 6) is 0.412. The number of rotatable bonds is 12. The molecular weight excluding hydrogens is 519 g/mol. The molecule has 0 spiro atoms. The van der Waals surface area contributed by atoms with E-state index in [2.05, 4.69) is 25.6 Å². The molecule has 0 aromatic heterocycles. The highest BCUT2D eigenvalue weighted by Gasteiger charge is 2.31. The molecule has 2 aliphatic heterocycles. The average Bonchev–Trinajstić information content (AvgIpc) is 3.34. The zero-order valence-electron chi connectivity index (χ0n) is 21.5. The van der Waals surface area contributed by atoms with Crippen LogP contribution in [0, 0.1) is 10.1 Å². The van der Waals surface area contributed by atoms with Crippen molar-refractivity contribution in [3.63, 3.8) is 0 Å². The number of nitro benzene ring substituents is 1. The van der Waals surface area contributed by atoms with E-state index >= 15 is 0 Å². The second-order valence-corrected chi connectivity index (χ2v) is 9.59. The van der Waals surface area contributed by atoms with Crippen molar-refractivity contribution in [1.29, 1.82) is 0 Å². The van der Waals surface area contributed by atoms with Crippen molar-refractivity contribution in [2.75, 3.05) is 37.7 Å². The number of anilines is 1. The van der Waals surface area contributed by atoms with Crippen LogP contribution in [0.25, 0.3) is 0 Å². The fourth-order valence-corrected chi connectivity index (χ4v) is 4.41. The summed E-state index contributed by atoms with van der Waals surface area (Å²) in [6, 6.07) is 10.7. The zero-order valence-corrected chi connectivity index (χ0v) is 21.5. The Balaban J connectivity index is 1.17. The Labute approximate surface area is 224 Å². The van der Waals surface area contributed by atoms with Gasteiger partial charge in [0.15, 0.2) is 5.75 Å². The first-order valence-electron chi connectivity index (χ1n) is 12.7. The van der Waals surface area contributed by atoms with Crippen LogP contribution in [0.15, 0.2) is 54.9 Å². The van der Waals surface area contributed by atoms with Gasteiger partial charge in [-0.2, -0.15) is 0 Å². The molecule has 4 rings (SSSR count). The third-order valence-corrected chi connectivity index (χ3v) is 6.48. The van der Waals surface area contributed by atoms with E-state index in [4.69, 9.17) is 9.47 Å². The standard InChI is InChI=1S/C26H32F3N5O5/c1-25(31-12-13-32-25)18-38-24-8-3-20(17-23(24)34(35)36)33-14-9-19(10-15-33)30-11-2-16-37-21-4-6-22(7-5-21)39-26(27,28)29/h3-8,12-13,17,19,30-32H,2,9-11,14-16,18H2,1H3. The lowest BCUT2D eigenvalue weighted by Crippen LogP contribution is -2.50. The van der Waals surface area contributed by atoms with Crippen molar-refractivity contribution in [1.82, 2.24) is 16.0 Å². The number of alkyl halides is 3. The van der Waals surface area contributed by atoms with E-state index in [1.807, 2.05) is 13.0 Å². The van der Waals surface area contributed by atoms with Crippen LogP contribution in [0.1, 0.15) is 26.2 Å². The molecule has 1 saturated heterocycles.